The van der Waals surface area contributed by atoms with Crippen LogP contribution >= 0.6 is 22.6 Å². The van der Waals surface area contributed by atoms with Crippen molar-refractivity contribution in [2.45, 2.75) is 39.2 Å². The number of allylic oxidation sites excluding steroid dienone is 4. The Hall–Kier alpha value is -0.980. The van der Waals surface area contributed by atoms with Crippen molar-refractivity contribution >= 4 is 28.7 Å². The number of hydrogen-bond acceptors (Lipinski definition) is 3. The molecule has 4 nitrogen and oxygen atoms in total. The van der Waals surface area contributed by atoms with Gasteiger partial charge in [-0.1, -0.05) is 6.08 Å². The van der Waals surface area contributed by atoms with Crippen LogP contribution in [0.4, 0.5) is 4.79 Å². The Kier molecular flexibility index (Phi) is 5.90. The average molecular weight is 377 g/mol. The first-order valence-corrected chi connectivity index (χ1v) is 7.21. The van der Waals surface area contributed by atoms with Crippen molar-refractivity contribution in [3.63, 3.8) is 0 Å². The first-order chi connectivity index (χ1) is 8.81. The molecule has 0 saturated carbocycles. The second-order valence-electron chi connectivity index (χ2n) is 5.12. The van der Waals surface area contributed by atoms with Gasteiger partial charge in [-0.05, 0) is 68.4 Å². The fourth-order valence-electron chi connectivity index (χ4n) is 1.48. The number of halogens is 1. The molecule has 5 heteroatoms. The van der Waals surface area contributed by atoms with Crippen LogP contribution in [0.1, 0.15) is 33.6 Å². The van der Waals surface area contributed by atoms with Crippen molar-refractivity contribution in [1.29, 1.82) is 0 Å². The van der Waals surface area contributed by atoms with Crippen molar-refractivity contribution in [3.05, 3.63) is 33.3 Å². The van der Waals surface area contributed by atoms with Crippen LogP contribution in [0.25, 0.3) is 0 Å². The topological polar surface area (TPSA) is 47.6 Å². The van der Waals surface area contributed by atoms with Crippen molar-refractivity contribution in [2.75, 3.05) is 7.11 Å². The lowest BCUT2D eigenvalue weighted by Gasteiger charge is -2.21. The number of amides is 1. The molecule has 0 spiro atoms. The summed E-state index contributed by atoms with van der Waals surface area (Å²) in [5, 5.41) is 2.78. The van der Waals surface area contributed by atoms with Gasteiger partial charge in [0.1, 0.15) is 11.4 Å². The average Bonchev–Trinajstić information content (AvgIpc) is 2.26. The van der Waals surface area contributed by atoms with Gasteiger partial charge >= 0.3 is 6.09 Å². The molecule has 0 fully saturated rings. The van der Waals surface area contributed by atoms with E-state index in [9.17, 15) is 4.79 Å². The van der Waals surface area contributed by atoms with E-state index in [1.165, 1.54) is 0 Å². The lowest BCUT2D eigenvalue weighted by atomic mass is 10.2. The smallest absolute Gasteiger partial charge is 0.412 e. The molecule has 1 rings (SSSR count). The van der Waals surface area contributed by atoms with Crippen LogP contribution in [0.5, 0.6) is 0 Å². The molecule has 0 bridgehead atoms. The van der Waals surface area contributed by atoms with Crippen LogP contribution in [0.15, 0.2) is 33.3 Å². The zero-order valence-electron chi connectivity index (χ0n) is 11.7. The fraction of sp³-hybridized carbons (Fsp3) is 0.500. The van der Waals surface area contributed by atoms with E-state index in [4.69, 9.17) is 9.47 Å². The Bertz CT molecular complexity index is 430. The van der Waals surface area contributed by atoms with Crippen LogP contribution in [0, 0.1) is 0 Å². The van der Waals surface area contributed by atoms with Gasteiger partial charge in [-0.15, -0.1) is 0 Å². The van der Waals surface area contributed by atoms with Gasteiger partial charge < -0.3 is 9.47 Å². The summed E-state index contributed by atoms with van der Waals surface area (Å²) in [5.74, 6) is 0.806. The van der Waals surface area contributed by atoms with Crippen molar-refractivity contribution in [1.82, 2.24) is 5.32 Å². The third kappa shape index (κ3) is 6.13. The minimum atomic E-state index is -0.501. The summed E-state index contributed by atoms with van der Waals surface area (Å²) in [7, 11) is 1.64. The number of methoxy groups -OCH3 is 1. The number of nitrogens with one attached hydrogen (secondary N) is 1. The first kappa shape index (κ1) is 16.1. The lowest BCUT2D eigenvalue weighted by Crippen LogP contribution is -2.32. The fourth-order valence-corrected chi connectivity index (χ4v) is 2.14. The molecule has 1 aliphatic carbocycles. The highest BCUT2D eigenvalue weighted by Crippen LogP contribution is 2.22. The summed E-state index contributed by atoms with van der Waals surface area (Å²) in [5.41, 5.74) is 0.261. The number of carbonyl (C=O) groups excluding carboxylic acids is 1. The van der Waals surface area contributed by atoms with Crippen LogP contribution in [-0.4, -0.2) is 18.8 Å². The molecular weight excluding hydrogens is 357 g/mol. The molecule has 0 heterocycles. The maximum atomic E-state index is 11.8. The molecule has 1 aliphatic rings. The van der Waals surface area contributed by atoms with E-state index in [-0.39, 0.29) is 0 Å². The van der Waals surface area contributed by atoms with Gasteiger partial charge in [-0.2, -0.15) is 0 Å². The van der Waals surface area contributed by atoms with Crippen LogP contribution in [0.3, 0.4) is 0 Å². The van der Waals surface area contributed by atoms with E-state index in [1.54, 1.807) is 7.11 Å². The monoisotopic (exact) mass is 377 g/mol. The lowest BCUT2D eigenvalue weighted by molar-refractivity contribution is 0.0547. The highest BCUT2D eigenvalue weighted by molar-refractivity contribution is 14.1. The first-order valence-electron chi connectivity index (χ1n) is 6.13. The molecule has 0 radical (unpaired) electrons. The molecule has 0 aromatic heterocycles. The van der Waals surface area contributed by atoms with Gasteiger partial charge in [0.05, 0.1) is 12.8 Å². The molecule has 0 saturated heterocycles. The summed E-state index contributed by atoms with van der Waals surface area (Å²) in [4.78, 5) is 11.8. The normalized spacial score (nSPS) is 19.1. The van der Waals surface area contributed by atoms with Crippen LogP contribution < -0.4 is 5.32 Å². The van der Waals surface area contributed by atoms with Gasteiger partial charge in [-0.3, -0.25) is 5.32 Å². The van der Waals surface area contributed by atoms with Crippen molar-refractivity contribution in [3.8, 4) is 0 Å². The standard InChI is InChI=1S/C14H20INO3/c1-14(2,3)19-13(17)16-12-8-6-5-7-10(18-4)9-11(12)15/h7-9H,5-6H2,1-4H3,(H,16,17)/b10-7?,11-9?,12-8-. The zero-order valence-corrected chi connectivity index (χ0v) is 13.9. The molecule has 0 unspecified atom stereocenters. The maximum Gasteiger partial charge on any atom is 0.412 e. The SMILES string of the molecule is COC1=CCC/C=C(\NC(=O)OC(C)(C)C)C(I)=C1. The summed E-state index contributed by atoms with van der Waals surface area (Å²) in [6.07, 6.45) is 7.19. The second kappa shape index (κ2) is 6.98. The van der Waals surface area contributed by atoms with Gasteiger partial charge in [0.2, 0.25) is 0 Å². The van der Waals surface area contributed by atoms with E-state index in [2.05, 4.69) is 27.9 Å². The Morgan fingerprint density at radius 3 is 2.53 bits per heavy atom. The molecule has 1 amide bonds. The van der Waals surface area contributed by atoms with Gasteiger partial charge in [0, 0.05) is 3.58 Å². The summed E-state index contributed by atoms with van der Waals surface area (Å²) in [6.45, 7) is 5.52. The molecular formula is C14H20INO3. The highest BCUT2D eigenvalue weighted by atomic mass is 127. The predicted octanol–water partition coefficient (Wildman–Crippen LogP) is 4.04. The second-order valence-corrected chi connectivity index (χ2v) is 6.29. The van der Waals surface area contributed by atoms with E-state index < -0.39 is 11.7 Å². The molecule has 0 atom stereocenters. The van der Waals surface area contributed by atoms with E-state index in [0.717, 1.165) is 27.9 Å². The van der Waals surface area contributed by atoms with Gasteiger partial charge in [-0.25, -0.2) is 4.79 Å². The Morgan fingerprint density at radius 2 is 1.95 bits per heavy atom. The predicted molar refractivity (Wildman–Crippen MR) is 83.9 cm³/mol. The molecule has 1 N–H and O–H groups in total. The quantitative estimate of drug-likeness (QED) is 0.739. The van der Waals surface area contributed by atoms with Gasteiger partial charge in [0.15, 0.2) is 0 Å². The molecule has 0 aromatic rings. The summed E-state index contributed by atoms with van der Waals surface area (Å²) < 4.78 is 11.4. The highest BCUT2D eigenvalue weighted by Gasteiger charge is 2.18. The Balaban J connectivity index is 2.77. The Morgan fingerprint density at radius 1 is 1.32 bits per heavy atom. The Labute approximate surface area is 128 Å². The number of rotatable bonds is 2. The number of alkyl carbamates (subject to hydrolysis) is 1. The maximum absolute atomic E-state index is 11.8. The molecule has 106 valence electrons. The van der Waals surface area contributed by atoms with Crippen LogP contribution in [0.2, 0.25) is 0 Å². The minimum absolute atomic E-state index is 0.440. The third-order valence-corrected chi connectivity index (χ3v) is 3.15. The largest absolute Gasteiger partial charge is 0.497 e. The number of hydrogen-bond donors (Lipinski definition) is 1. The van der Waals surface area contributed by atoms with E-state index in [0.29, 0.717) is 0 Å². The van der Waals surface area contributed by atoms with E-state index in [1.807, 2.05) is 39.0 Å². The number of carbonyl (C=O) groups is 1. The van der Waals surface area contributed by atoms with Crippen molar-refractivity contribution < 1.29 is 14.3 Å². The van der Waals surface area contributed by atoms with Gasteiger partial charge in [0.25, 0.3) is 0 Å². The summed E-state index contributed by atoms with van der Waals surface area (Å²) in [6, 6.07) is 0. The zero-order chi connectivity index (χ0) is 14.5. The minimum Gasteiger partial charge on any atom is -0.497 e. The third-order valence-electron chi connectivity index (χ3n) is 2.26. The van der Waals surface area contributed by atoms with E-state index >= 15 is 0 Å². The molecule has 0 aliphatic heterocycles. The number of ether oxygens (including phenoxy) is 2. The van der Waals surface area contributed by atoms with Crippen molar-refractivity contribution in [2.24, 2.45) is 0 Å². The molecule has 19 heavy (non-hydrogen) atoms. The summed E-state index contributed by atoms with van der Waals surface area (Å²) >= 11 is 2.17. The van der Waals surface area contributed by atoms with Crippen LogP contribution in [-0.2, 0) is 9.47 Å². The molecule has 0 aromatic carbocycles.